The zero-order valence-corrected chi connectivity index (χ0v) is 18.2. The first-order valence-corrected chi connectivity index (χ1v) is 10.9. The third-order valence-electron chi connectivity index (χ3n) is 5.56. The first kappa shape index (κ1) is 22.1. The average Bonchev–Trinajstić information content (AvgIpc) is 3.07. The van der Waals surface area contributed by atoms with Crippen molar-refractivity contribution in [3.05, 3.63) is 41.7 Å². The molecule has 164 valence electrons. The van der Waals surface area contributed by atoms with Crippen LogP contribution in [-0.2, 0) is 13.6 Å². The van der Waals surface area contributed by atoms with Crippen molar-refractivity contribution in [3.8, 4) is 5.75 Å². The number of aliphatic imine (C=N–C) groups is 1. The van der Waals surface area contributed by atoms with Crippen molar-refractivity contribution in [1.82, 2.24) is 25.4 Å². The second kappa shape index (κ2) is 10.9. The molecule has 2 N–H and O–H groups in total. The number of nitrogens with zero attached hydrogens (tertiary/aromatic N) is 4. The molecule has 2 aromatic rings. The molecule has 0 radical (unpaired) electrons. The molecule has 1 atom stereocenters. The van der Waals surface area contributed by atoms with Crippen LogP contribution in [0.1, 0.15) is 57.1 Å². The van der Waals surface area contributed by atoms with E-state index in [0.717, 1.165) is 36.9 Å². The maximum absolute atomic E-state index is 13.5. The van der Waals surface area contributed by atoms with Gasteiger partial charge in [-0.3, -0.25) is 0 Å². The lowest BCUT2D eigenvalue weighted by molar-refractivity contribution is 0.198. The maximum Gasteiger partial charge on any atom is 0.192 e. The highest BCUT2D eigenvalue weighted by Crippen LogP contribution is 2.17. The van der Waals surface area contributed by atoms with Crippen LogP contribution in [0.2, 0.25) is 0 Å². The summed E-state index contributed by atoms with van der Waals surface area (Å²) in [4.78, 5) is 4.75. The highest BCUT2D eigenvalue weighted by atomic mass is 19.1. The van der Waals surface area contributed by atoms with E-state index in [9.17, 15) is 4.39 Å². The smallest absolute Gasteiger partial charge is 0.192 e. The van der Waals surface area contributed by atoms with E-state index in [-0.39, 0.29) is 11.9 Å². The number of halogens is 1. The molecule has 30 heavy (non-hydrogen) atoms. The van der Waals surface area contributed by atoms with Gasteiger partial charge in [0, 0.05) is 19.2 Å². The van der Waals surface area contributed by atoms with Gasteiger partial charge in [-0.25, -0.2) is 9.38 Å². The molecule has 1 aromatic carbocycles. The van der Waals surface area contributed by atoms with Crippen LogP contribution < -0.4 is 15.4 Å². The Morgan fingerprint density at radius 1 is 1.30 bits per heavy atom. The van der Waals surface area contributed by atoms with E-state index < -0.39 is 0 Å². The summed E-state index contributed by atoms with van der Waals surface area (Å²) >= 11 is 0. The zero-order valence-electron chi connectivity index (χ0n) is 18.2. The summed E-state index contributed by atoms with van der Waals surface area (Å²) in [5.41, 5.74) is 0. The molecular weight excluding hydrogens is 383 g/mol. The lowest BCUT2D eigenvalue weighted by atomic mass is 9.96. The predicted octanol–water partition coefficient (Wildman–Crippen LogP) is 3.49. The fraction of sp³-hybridized carbons (Fsp3) is 0.591. The zero-order chi connectivity index (χ0) is 21.3. The fourth-order valence-corrected chi connectivity index (χ4v) is 3.54. The summed E-state index contributed by atoms with van der Waals surface area (Å²) in [5.74, 6) is 2.68. The van der Waals surface area contributed by atoms with Crippen LogP contribution in [-0.4, -0.2) is 39.4 Å². The van der Waals surface area contributed by atoms with E-state index in [2.05, 4.69) is 27.8 Å². The van der Waals surface area contributed by atoms with Crippen molar-refractivity contribution in [1.29, 1.82) is 0 Å². The molecule has 1 saturated carbocycles. The number of ether oxygens (including phenoxy) is 1. The number of hydrogen-bond acceptors (Lipinski definition) is 4. The minimum Gasteiger partial charge on any atom is -0.489 e. The van der Waals surface area contributed by atoms with Crippen LogP contribution in [0.4, 0.5) is 4.39 Å². The summed E-state index contributed by atoms with van der Waals surface area (Å²) in [5, 5.41) is 15.3. The Morgan fingerprint density at radius 3 is 2.77 bits per heavy atom. The van der Waals surface area contributed by atoms with Crippen LogP contribution >= 0.6 is 0 Å². The quantitative estimate of drug-likeness (QED) is 0.509. The Labute approximate surface area is 178 Å². The molecule has 7 nitrogen and oxygen atoms in total. The normalized spacial score (nSPS) is 16.3. The number of aromatic nitrogens is 3. The Balaban J connectivity index is 1.63. The molecule has 1 unspecified atom stereocenters. The van der Waals surface area contributed by atoms with Crippen molar-refractivity contribution in [2.45, 2.75) is 71.1 Å². The molecule has 1 fully saturated rings. The second-order valence-corrected chi connectivity index (χ2v) is 7.85. The molecular formula is C22H33FN6O. The van der Waals surface area contributed by atoms with Crippen molar-refractivity contribution in [3.63, 3.8) is 0 Å². The minimum absolute atomic E-state index is 0.0952. The van der Waals surface area contributed by atoms with Crippen LogP contribution in [0, 0.1) is 12.7 Å². The maximum atomic E-state index is 13.5. The second-order valence-electron chi connectivity index (χ2n) is 7.85. The van der Waals surface area contributed by atoms with Crippen LogP contribution in [0.25, 0.3) is 0 Å². The Hall–Kier alpha value is -2.64. The van der Waals surface area contributed by atoms with Crippen LogP contribution in [0.15, 0.2) is 29.3 Å². The molecule has 0 spiro atoms. The molecule has 1 aromatic heterocycles. The standard InChI is InChI=1S/C22H33FN6O/c1-4-19(30-20-12-8-9-17(23)13-20)14-24-22(26-18-10-6-5-7-11-18)25-15-21-28-27-16(2)29(21)3/h8-9,12-13,18-19H,4-7,10-11,14-15H2,1-3H3,(H2,24,25,26). The van der Waals surface area contributed by atoms with Crippen molar-refractivity contribution >= 4 is 5.96 Å². The van der Waals surface area contributed by atoms with Crippen molar-refractivity contribution in [2.24, 2.45) is 12.0 Å². The molecule has 0 saturated heterocycles. The monoisotopic (exact) mass is 416 g/mol. The van der Waals surface area contributed by atoms with Gasteiger partial charge in [-0.2, -0.15) is 0 Å². The first-order chi connectivity index (χ1) is 14.5. The van der Waals surface area contributed by atoms with Crippen molar-refractivity contribution in [2.75, 3.05) is 6.54 Å². The lowest BCUT2D eigenvalue weighted by Crippen LogP contribution is -2.47. The van der Waals surface area contributed by atoms with Crippen LogP contribution in [0.5, 0.6) is 5.75 Å². The molecule has 1 aliphatic carbocycles. The summed E-state index contributed by atoms with van der Waals surface area (Å²) in [6.07, 6.45) is 6.80. The number of rotatable bonds is 8. The number of hydrogen-bond donors (Lipinski definition) is 2. The molecule has 0 aliphatic heterocycles. The third-order valence-corrected chi connectivity index (χ3v) is 5.56. The molecule has 1 heterocycles. The molecule has 0 bridgehead atoms. The number of guanidine groups is 1. The average molecular weight is 417 g/mol. The molecule has 0 amide bonds. The van der Waals surface area contributed by atoms with E-state index in [1.54, 1.807) is 12.1 Å². The summed E-state index contributed by atoms with van der Waals surface area (Å²) in [6.45, 7) is 5.00. The highest BCUT2D eigenvalue weighted by molar-refractivity contribution is 5.80. The number of nitrogens with one attached hydrogen (secondary N) is 2. The van der Waals surface area contributed by atoms with Gasteiger partial charge in [0.15, 0.2) is 11.8 Å². The van der Waals surface area contributed by atoms with Gasteiger partial charge in [-0.05, 0) is 38.3 Å². The van der Waals surface area contributed by atoms with Crippen LogP contribution in [0.3, 0.4) is 0 Å². The minimum atomic E-state index is -0.296. The third kappa shape index (κ3) is 6.43. The Morgan fingerprint density at radius 2 is 2.10 bits per heavy atom. The van der Waals surface area contributed by atoms with Gasteiger partial charge in [-0.15, -0.1) is 10.2 Å². The summed E-state index contributed by atoms with van der Waals surface area (Å²) in [7, 11) is 1.95. The number of benzene rings is 1. The summed E-state index contributed by atoms with van der Waals surface area (Å²) < 4.78 is 21.4. The van der Waals surface area contributed by atoms with Gasteiger partial charge in [0.25, 0.3) is 0 Å². The van der Waals surface area contributed by atoms with E-state index in [4.69, 9.17) is 9.73 Å². The molecule has 3 rings (SSSR count). The van der Waals surface area contributed by atoms with Gasteiger partial charge in [0.1, 0.15) is 30.0 Å². The van der Waals surface area contributed by atoms with Crippen molar-refractivity contribution < 1.29 is 9.13 Å². The predicted molar refractivity (Wildman–Crippen MR) is 116 cm³/mol. The topological polar surface area (TPSA) is 76.4 Å². The molecule has 8 heteroatoms. The van der Waals surface area contributed by atoms with Gasteiger partial charge < -0.3 is 19.9 Å². The summed E-state index contributed by atoms with van der Waals surface area (Å²) in [6, 6.07) is 6.69. The van der Waals surface area contributed by atoms with Gasteiger partial charge >= 0.3 is 0 Å². The fourth-order valence-electron chi connectivity index (χ4n) is 3.54. The Kier molecular flexibility index (Phi) is 8.04. The van der Waals surface area contributed by atoms with E-state index in [0.29, 0.717) is 24.9 Å². The van der Waals surface area contributed by atoms with Gasteiger partial charge in [0.05, 0.1) is 6.54 Å². The van der Waals surface area contributed by atoms with Gasteiger partial charge in [-0.1, -0.05) is 32.3 Å². The first-order valence-electron chi connectivity index (χ1n) is 10.9. The number of aryl methyl sites for hydroxylation is 1. The SMILES string of the molecule is CCC(CNC(=NCc1nnc(C)n1C)NC1CCCCC1)Oc1cccc(F)c1. The lowest BCUT2D eigenvalue weighted by Gasteiger charge is -2.26. The van der Waals surface area contributed by atoms with E-state index in [1.165, 1.54) is 31.4 Å². The largest absolute Gasteiger partial charge is 0.489 e. The highest BCUT2D eigenvalue weighted by Gasteiger charge is 2.16. The Bertz CT molecular complexity index is 831. The van der Waals surface area contributed by atoms with E-state index in [1.807, 2.05) is 18.5 Å². The van der Waals surface area contributed by atoms with Gasteiger partial charge in [0.2, 0.25) is 0 Å². The molecule has 1 aliphatic rings. The van der Waals surface area contributed by atoms with E-state index >= 15 is 0 Å².